The molecule has 78 valence electrons. The van der Waals surface area contributed by atoms with Crippen molar-refractivity contribution in [3.8, 4) is 0 Å². The Morgan fingerprint density at radius 2 is 1.85 bits per heavy atom. The van der Waals surface area contributed by atoms with Crippen LogP contribution in [-0.2, 0) is 0 Å². The van der Waals surface area contributed by atoms with E-state index in [2.05, 4.69) is 20.8 Å². The first-order chi connectivity index (χ1) is 6.05. The first-order valence-electron chi connectivity index (χ1n) is 5.75. The quantitative estimate of drug-likeness (QED) is 0.714. The number of nitrogens with two attached hydrogens (primary N) is 1. The summed E-state index contributed by atoms with van der Waals surface area (Å²) in [7, 11) is 0. The Balaban J connectivity index is 2.32. The summed E-state index contributed by atoms with van der Waals surface area (Å²) >= 11 is 0. The highest BCUT2D eigenvalue weighted by molar-refractivity contribution is 4.80. The van der Waals surface area contributed by atoms with Crippen LogP contribution < -0.4 is 5.73 Å². The lowest BCUT2D eigenvalue weighted by Crippen LogP contribution is -2.26. The van der Waals surface area contributed by atoms with Gasteiger partial charge in [0.25, 0.3) is 0 Å². The zero-order valence-corrected chi connectivity index (χ0v) is 9.47. The van der Waals surface area contributed by atoms with Crippen molar-refractivity contribution in [1.29, 1.82) is 0 Å². The second-order valence-electron chi connectivity index (χ2n) is 5.56. The summed E-state index contributed by atoms with van der Waals surface area (Å²) in [5, 5.41) is 0. The molecule has 0 amide bonds. The molecule has 0 aromatic rings. The first-order valence-corrected chi connectivity index (χ1v) is 5.75. The molecule has 0 spiro atoms. The molecule has 2 N–H and O–H groups in total. The largest absolute Gasteiger partial charge is 0.330 e. The number of hydrogen-bond acceptors (Lipinski definition) is 1. The lowest BCUT2D eigenvalue weighted by Gasteiger charge is -2.37. The van der Waals surface area contributed by atoms with Gasteiger partial charge in [0.15, 0.2) is 0 Å². The predicted molar refractivity (Wildman–Crippen MR) is 58.6 cm³/mol. The van der Waals surface area contributed by atoms with E-state index >= 15 is 0 Å². The van der Waals surface area contributed by atoms with E-state index in [0.717, 1.165) is 18.4 Å². The fourth-order valence-corrected chi connectivity index (χ4v) is 2.49. The van der Waals surface area contributed by atoms with Crippen molar-refractivity contribution < 1.29 is 0 Å². The van der Waals surface area contributed by atoms with Gasteiger partial charge in [-0.2, -0.15) is 0 Å². The molecule has 0 radical (unpaired) electrons. The van der Waals surface area contributed by atoms with E-state index in [1.807, 2.05) is 0 Å². The second kappa shape index (κ2) is 4.45. The molecule has 0 aliphatic heterocycles. The van der Waals surface area contributed by atoms with Crippen molar-refractivity contribution in [2.75, 3.05) is 6.54 Å². The Bertz CT molecular complexity index is 141. The smallest absolute Gasteiger partial charge is 0.00746 e. The van der Waals surface area contributed by atoms with Crippen LogP contribution in [-0.4, -0.2) is 6.54 Å². The summed E-state index contributed by atoms with van der Waals surface area (Å²) in [6, 6.07) is 0. The average Bonchev–Trinajstić information content (AvgIpc) is 2.04. The maximum atomic E-state index is 5.59. The zero-order valence-electron chi connectivity index (χ0n) is 9.47. The summed E-state index contributed by atoms with van der Waals surface area (Å²) in [5.41, 5.74) is 6.20. The third-order valence-corrected chi connectivity index (χ3v) is 3.81. The fourth-order valence-electron chi connectivity index (χ4n) is 2.49. The fraction of sp³-hybridized carbons (Fsp3) is 1.00. The monoisotopic (exact) mass is 183 g/mol. The molecule has 1 nitrogen and oxygen atoms in total. The molecule has 1 aliphatic rings. The molecule has 13 heavy (non-hydrogen) atoms. The van der Waals surface area contributed by atoms with Gasteiger partial charge in [-0.25, -0.2) is 0 Å². The van der Waals surface area contributed by atoms with Crippen LogP contribution >= 0.6 is 0 Å². The molecule has 1 atom stereocenters. The Morgan fingerprint density at radius 3 is 2.31 bits per heavy atom. The maximum Gasteiger partial charge on any atom is -0.00746 e. The van der Waals surface area contributed by atoms with Crippen molar-refractivity contribution in [2.24, 2.45) is 23.0 Å². The minimum Gasteiger partial charge on any atom is -0.330 e. The third-order valence-electron chi connectivity index (χ3n) is 3.81. The molecule has 0 aromatic heterocycles. The molecule has 0 saturated heterocycles. The Kier molecular flexibility index (Phi) is 3.78. The average molecular weight is 183 g/mol. The van der Waals surface area contributed by atoms with Crippen LogP contribution in [0.15, 0.2) is 0 Å². The van der Waals surface area contributed by atoms with Crippen molar-refractivity contribution >= 4 is 0 Å². The number of rotatable bonds is 3. The van der Waals surface area contributed by atoms with Gasteiger partial charge in [0.2, 0.25) is 0 Å². The maximum absolute atomic E-state index is 5.59. The van der Waals surface area contributed by atoms with Crippen molar-refractivity contribution in [2.45, 2.75) is 52.9 Å². The minimum absolute atomic E-state index is 0.610. The third kappa shape index (κ3) is 3.30. The predicted octanol–water partition coefficient (Wildman–Crippen LogP) is 3.19. The SMILES string of the molecule is CC(CCN)C1CCC(C)(C)CC1. The van der Waals surface area contributed by atoms with Gasteiger partial charge in [0.05, 0.1) is 0 Å². The topological polar surface area (TPSA) is 26.0 Å². The van der Waals surface area contributed by atoms with Gasteiger partial charge in [-0.05, 0) is 55.9 Å². The molecule has 0 aromatic carbocycles. The van der Waals surface area contributed by atoms with Crippen LogP contribution in [0.25, 0.3) is 0 Å². The van der Waals surface area contributed by atoms with Gasteiger partial charge in [-0.1, -0.05) is 20.8 Å². The molecule has 0 heterocycles. The molecule has 1 saturated carbocycles. The summed E-state index contributed by atoms with van der Waals surface area (Å²) in [4.78, 5) is 0. The second-order valence-corrected chi connectivity index (χ2v) is 5.56. The lowest BCUT2D eigenvalue weighted by atomic mass is 9.69. The summed E-state index contributed by atoms with van der Waals surface area (Å²) < 4.78 is 0. The highest BCUT2D eigenvalue weighted by Gasteiger charge is 2.28. The van der Waals surface area contributed by atoms with Gasteiger partial charge < -0.3 is 5.73 Å². The van der Waals surface area contributed by atoms with Crippen molar-refractivity contribution in [3.05, 3.63) is 0 Å². The van der Waals surface area contributed by atoms with E-state index < -0.39 is 0 Å². The van der Waals surface area contributed by atoms with E-state index in [9.17, 15) is 0 Å². The van der Waals surface area contributed by atoms with E-state index in [-0.39, 0.29) is 0 Å². The minimum atomic E-state index is 0.610. The standard InChI is InChI=1S/C12H25N/c1-10(6-9-13)11-4-7-12(2,3)8-5-11/h10-11H,4-9,13H2,1-3H3. The van der Waals surface area contributed by atoms with E-state index in [1.165, 1.54) is 32.1 Å². The van der Waals surface area contributed by atoms with Crippen LogP contribution in [0.3, 0.4) is 0 Å². The molecule has 1 heteroatoms. The Labute approximate surface area is 83.1 Å². The number of hydrogen-bond donors (Lipinski definition) is 1. The molecule has 1 rings (SSSR count). The van der Waals surface area contributed by atoms with E-state index in [0.29, 0.717) is 5.41 Å². The Morgan fingerprint density at radius 1 is 1.31 bits per heavy atom. The van der Waals surface area contributed by atoms with Crippen LogP contribution in [0.5, 0.6) is 0 Å². The van der Waals surface area contributed by atoms with Crippen molar-refractivity contribution in [1.82, 2.24) is 0 Å². The first kappa shape index (κ1) is 11.0. The Hall–Kier alpha value is -0.0400. The summed E-state index contributed by atoms with van der Waals surface area (Å²) in [5.74, 6) is 1.80. The van der Waals surface area contributed by atoms with Crippen molar-refractivity contribution in [3.63, 3.8) is 0 Å². The zero-order chi connectivity index (χ0) is 9.90. The van der Waals surface area contributed by atoms with Gasteiger partial charge >= 0.3 is 0 Å². The highest BCUT2D eigenvalue weighted by atomic mass is 14.5. The highest BCUT2D eigenvalue weighted by Crippen LogP contribution is 2.41. The molecule has 1 aliphatic carbocycles. The van der Waals surface area contributed by atoms with Gasteiger partial charge in [-0.15, -0.1) is 0 Å². The van der Waals surface area contributed by atoms with E-state index in [4.69, 9.17) is 5.73 Å². The molecular formula is C12H25N. The lowest BCUT2D eigenvalue weighted by molar-refractivity contribution is 0.152. The molecule has 1 unspecified atom stereocenters. The normalized spacial score (nSPS) is 25.8. The summed E-state index contributed by atoms with van der Waals surface area (Å²) in [6.45, 7) is 8.03. The van der Waals surface area contributed by atoms with Gasteiger partial charge in [-0.3, -0.25) is 0 Å². The van der Waals surface area contributed by atoms with Crippen LogP contribution in [0.4, 0.5) is 0 Å². The van der Waals surface area contributed by atoms with E-state index in [1.54, 1.807) is 0 Å². The van der Waals surface area contributed by atoms with Gasteiger partial charge in [0.1, 0.15) is 0 Å². The molecule has 1 fully saturated rings. The summed E-state index contributed by atoms with van der Waals surface area (Å²) in [6.07, 6.45) is 6.88. The van der Waals surface area contributed by atoms with Crippen LogP contribution in [0.2, 0.25) is 0 Å². The van der Waals surface area contributed by atoms with Gasteiger partial charge in [0, 0.05) is 0 Å². The molecule has 0 bridgehead atoms. The van der Waals surface area contributed by atoms with Crippen LogP contribution in [0.1, 0.15) is 52.9 Å². The van der Waals surface area contributed by atoms with Crippen LogP contribution in [0, 0.1) is 17.3 Å². The molecular weight excluding hydrogens is 158 g/mol.